The van der Waals surface area contributed by atoms with E-state index in [-0.39, 0.29) is 5.57 Å². The molecule has 0 saturated carbocycles. The maximum atomic E-state index is 11.8. The second-order valence-electron chi connectivity index (χ2n) is 4.82. The van der Waals surface area contributed by atoms with E-state index < -0.39 is 17.7 Å². The number of carbonyl (C=O) groups is 2. The number of hydrogen-bond acceptors (Lipinski definition) is 5. The zero-order chi connectivity index (χ0) is 14.9. The molecule has 1 saturated heterocycles. The van der Waals surface area contributed by atoms with Crippen molar-refractivity contribution in [2.24, 2.45) is 0 Å². The summed E-state index contributed by atoms with van der Waals surface area (Å²) in [6, 6.07) is 5.62. The Hall–Kier alpha value is -1.82. The van der Waals surface area contributed by atoms with Gasteiger partial charge in [0.2, 0.25) is 0 Å². The lowest BCUT2D eigenvalue weighted by Crippen LogP contribution is -2.42. The number of esters is 2. The maximum Gasteiger partial charge on any atom is 0.350 e. The number of benzene rings is 1. The van der Waals surface area contributed by atoms with Gasteiger partial charge in [-0.3, -0.25) is 0 Å². The van der Waals surface area contributed by atoms with Crippen molar-refractivity contribution in [1.29, 1.82) is 0 Å². The first kappa shape index (κ1) is 14.6. The summed E-state index contributed by atoms with van der Waals surface area (Å²) in [4.78, 5) is 23.5. The molecule has 1 aromatic carbocycles. The third-order valence-electron chi connectivity index (χ3n) is 2.68. The van der Waals surface area contributed by atoms with Gasteiger partial charge in [-0.25, -0.2) is 9.59 Å². The van der Waals surface area contributed by atoms with Crippen LogP contribution in [0.2, 0.25) is 0 Å². The first-order valence-corrected chi connectivity index (χ1v) is 6.78. The molecule has 0 aromatic heterocycles. The standard InChI is InChI=1S/C14H14BrNO4/c1-8-5-4-6-10(11(8)15)16-7-9-12(17)19-14(2,3)20-13(9)18/h4-7,16H,1-3H3. The fourth-order valence-corrected chi connectivity index (χ4v) is 2.07. The Morgan fingerprint density at radius 2 is 1.80 bits per heavy atom. The van der Waals surface area contributed by atoms with Crippen molar-refractivity contribution in [1.82, 2.24) is 0 Å². The second-order valence-corrected chi connectivity index (χ2v) is 5.61. The molecule has 1 aromatic rings. The Morgan fingerprint density at radius 1 is 1.20 bits per heavy atom. The molecule has 0 bridgehead atoms. The molecular formula is C14H14BrNO4. The van der Waals surface area contributed by atoms with E-state index in [1.807, 2.05) is 25.1 Å². The van der Waals surface area contributed by atoms with Crippen LogP contribution in [0.25, 0.3) is 0 Å². The number of ether oxygens (including phenoxy) is 2. The van der Waals surface area contributed by atoms with E-state index in [1.54, 1.807) is 0 Å². The molecule has 1 N–H and O–H groups in total. The number of rotatable bonds is 2. The minimum Gasteiger partial charge on any atom is -0.419 e. The van der Waals surface area contributed by atoms with E-state index in [4.69, 9.17) is 9.47 Å². The Labute approximate surface area is 125 Å². The van der Waals surface area contributed by atoms with Gasteiger partial charge in [0.15, 0.2) is 5.57 Å². The van der Waals surface area contributed by atoms with Crippen molar-refractivity contribution >= 4 is 33.6 Å². The Kier molecular flexibility index (Phi) is 3.85. The van der Waals surface area contributed by atoms with Crippen LogP contribution in [0.1, 0.15) is 19.4 Å². The summed E-state index contributed by atoms with van der Waals surface area (Å²) in [6.45, 7) is 4.95. The smallest absolute Gasteiger partial charge is 0.350 e. The zero-order valence-electron chi connectivity index (χ0n) is 11.3. The molecule has 0 amide bonds. The minimum atomic E-state index is -1.23. The van der Waals surface area contributed by atoms with E-state index in [0.717, 1.165) is 15.7 Å². The first-order valence-electron chi connectivity index (χ1n) is 5.99. The lowest BCUT2D eigenvalue weighted by atomic mass is 10.2. The summed E-state index contributed by atoms with van der Waals surface area (Å²) in [5.74, 6) is -2.64. The molecule has 1 fully saturated rings. The number of halogens is 1. The monoisotopic (exact) mass is 339 g/mol. The van der Waals surface area contributed by atoms with Crippen LogP contribution in [0.15, 0.2) is 34.4 Å². The summed E-state index contributed by atoms with van der Waals surface area (Å²) in [5.41, 5.74) is 1.60. The molecule has 1 aliphatic rings. The quantitative estimate of drug-likeness (QED) is 0.510. The van der Waals surface area contributed by atoms with Gasteiger partial charge in [0, 0.05) is 24.5 Å². The molecule has 106 valence electrons. The third kappa shape index (κ3) is 3.01. The highest BCUT2D eigenvalue weighted by molar-refractivity contribution is 9.10. The molecule has 6 heteroatoms. The molecular weight excluding hydrogens is 326 g/mol. The summed E-state index contributed by atoms with van der Waals surface area (Å²) >= 11 is 3.43. The average molecular weight is 340 g/mol. The van der Waals surface area contributed by atoms with Crippen LogP contribution in [0.3, 0.4) is 0 Å². The van der Waals surface area contributed by atoms with Crippen molar-refractivity contribution in [2.45, 2.75) is 26.6 Å². The lowest BCUT2D eigenvalue weighted by molar-refractivity contribution is -0.222. The van der Waals surface area contributed by atoms with Crippen LogP contribution in [-0.4, -0.2) is 17.7 Å². The van der Waals surface area contributed by atoms with Crippen LogP contribution in [0.4, 0.5) is 5.69 Å². The molecule has 0 radical (unpaired) electrons. The normalized spacial score (nSPS) is 17.3. The van der Waals surface area contributed by atoms with E-state index in [9.17, 15) is 9.59 Å². The molecule has 0 atom stereocenters. The lowest BCUT2D eigenvalue weighted by Gasteiger charge is -2.29. The van der Waals surface area contributed by atoms with Crippen LogP contribution < -0.4 is 5.32 Å². The predicted molar refractivity (Wildman–Crippen MR) is 76.8 cm³/mol. The van der Waals surface area contributed by atoms with Gasteiger partial charge in [-0.15, -0.1) is 0 Å². The summed E-state index contributed by atoms with van der Waals surface area (Å²) in [5, 5.41) is 2.90. The summed E-state index contributed by atoms with van der Waals surface area (Å²) < 4.78 is 10.9. The van der Waals surface area contributed by atoms with Crippen molar-refractivity contribution in [3.8, 4) is 0 Å². The average Bonchev–Trinajstić information content (AvgIpc) is 2.31. The van der Waals surface area contributed by atoms with E-state index in [1.165, 1.54) is 20.0 Å². The van der Waals surface area contributed by atoms with Crippen molar-refractivity contribution in [2.75, 3.05) is 5.32 Å². The highest BCUT2D eigenvalue weighted by Crippen LogP contribution is 2.27. The van der Waals surface area contributed by atoms with Gasteiger partial charge in [-0.2, -0.15) is 0 Å². The van der Waals surface area contributed by atoms with Gasteiger partial charge in [0.1, 0.15) is 0 Å². The SMILES string of the molecule is Cc1cccc(NC=C2C(=O)OC(C)(C)OC2=O)c1Br. The molecule has 1 aliphatic heterocycles. The molecule has 2 rings (SSSR count). The number of aryl methyl sites for hydroxylation is 1. The van der Waals surface area contributed by atoms with E-state index in [2.05, 4.69) is 21.2 Å². The molecule has 20 heavy (non-hydrogen) atoms. The van der Waals surface area contributed by atoms with Crippen LogP contribution in [0.5, 0.6) is 0 Å². The largest absolute Gasteiger partial charge is 0.419 e. The van der Waals surface area contributed by atoms with Gasteiger partial charge in [-0.1, -0.05) is 12.1 Å². The fourth-order valence-electron chi connectivity index (χ4n) is 1.69. The van der Waals surface area contributed by atoms with Crippen molar-refractivity contribution < 1.29 is 19.1 Å². The number of cyclic esters (lactones) is 2. The molecule has 1 heterocycles. The Balaban J connectivity index is 2.22. The van der Waals surface area contributed by atoms with Gasteiger partial charge < -0.3 is 14.8 Å². The van der Waals surface area contributed by atoms with Gasteiger partial charge in [0.25, 0.3) is 5.79 Å². The predicted octanol–water partition coefficient (Wildman–Crippen LogP) is 2.89. The van der Waals surface area contributed by atoms with Gasteiger partial charge in [0.05, 0.1) is 5.69 Å². The summed E-state index contributed by atoms with van der Waals surface area (Å²) in [6.07, 6.45) is 1.29. The highest BCUT2D eigenvalue weighted by atomic mass is 79.9. The molecule has 0 unspecified atom stereocenters. The van der Waals surface area contributed by atoms with Gasteiger partial charge >= 0.3 is 11.9 Å². The number of hydrogen-bond donors (Lipinski definition) is 1. The molecule has 0 aliphatic carbocycles. The Bertz CT molecular complexity index is 585. The fraction of sp³-hybridized carbons (Fsp3) is 0.286. The van der Waals surface area contributed by atoms with Crippen molar-refractivity contribution in [3.05, 3.63) is 40.0 Å². The van der Waals surface area contributed by atoms with Crippen LogP contribution in [-0.2, 0) is 19.1 Å². The topological polar surface area (TPSA) is 64.6 Å². The van der Waals surface area contributed by atoms with E-state index >= 15 is 0 Å². The van der Waals surface area contributed by atoms with Gasteiger partial charge in [-0.05, 0) is 34.5 Å². The van der Waals surface area contributed by atoms with Crippen LogP contribution >= 0.6 is 15.9 Å². The highest BCUT2D eigenvalue weighted by Gasteiger charge is 2.38. The minimum absolute atomic E-state index is 0.169. The summed E-state index contributed by atoms with van der Waals surface area (Å²) in [7, 11) is 0. The molecule has 5 nitrogen and oxygen atoms in total. The zero-order valence-corrected chi connectivity index (χ0v) is 12.9. The third-order valence-corrected chi connectivity index (χ3v) is 3.73. The van der Waals surface area contributed by atoms with Crippen LogP contribution in [0, 0.1) is 6.92 Å². The number of nitrogens with one attached hydrogen (secondary N) is 1. The van der Waals surface area contributed by atoms with Crippen molar-refractivity contribution in [3.63, 3.8) is 0 Å². The number of carbonyl (C=O) groups excluding carboxylic acids is 2. The first-order chi connectivity index (χ1) is 9.30. The Morgan fingerprint density at radius 3 is 2.40 bits per heavy atom. The van der Waals surface area contributed by atoms with E-state index in [0.29, 0.717) is 0 Å². The second kappa shape index (κ2) is 5.28. The number of anilines is 1. The maximum absolute atomic E-state index is 11.8. The molecule has 0 spiro atoms.